The van der Waals surface area contributed by atoms with Crippen LogP contribution in [0.4, 0.5) is 0 Å². The normalized spacial score (nSPS) is 13.9. The molecular weight excluding hydrogens is 282 g/mol. The standard InChI is InChI=1S/C15H13N5O2/c21-15(11-8-16-3-4-17-11)19-5-6-20-12(9-18-14(20)10-19)13-2-1-7-22-13/h1-4,7-9H,5-6,10H2. The minimum absolute atomic E-state index is 0.123. The predicted molar refractivity (Wildman–Crippen MR) is 76.7 cm³/mol. The molecule has 4 heterocycles. The highest BCUT2D eigenvalue weighted by atomic mass is 16.3. The van der Waals surface area contributed by atoms with Crippen molar-refractivity contribution in [3.63, 3.8) is 0 Å². The van der Waals surface area contributed by atoms with Gasteiger partial charge >= 0.3 is 0 Å². The van der Waals surface area contributed by atoms with Crippen LogP contribution in [0.3, 0.4) is 0 Å². The number of amides is 1. The molecule has 7 heteroatoms. The van der Waals surface area contributed by atoms with Gasteiger partial charge in [0.15, 0.2) is 5.76 Å². The highest BCUT2D eigenvalue weighted by Crippen LogP contribution is 2.24. The molecule has 0 saturated heterocycles. The Kier molecular flexibility index (Phi) is 2.96. The average molecular weight is 295 g/mol. The van der Waals surface area contributed by atoms with E-state index in [2.05, 4.69) is 19.5 Å². The van der Waals surface area contributed by atoms with Gasteiger partial charge in [0, 0.05) is 25.5 Å². The lowest BCUT2D eigenvalue weighted by atomic mass is 10.3. The largest absolute Gasteiger partial charge is 0.463 e. The first-order chi connectivity index (χ1) is 10.8. The lowest BCUT2D eigenvalue weighted by Crippen LogP contribution is -2.39. The molecular formula is C15H13N5O2. The van der Waals surface area contributed by atoms with Gasteiger partial charge in [-0.2, -0.15) is 0 Å². The van der Waals surface area contributed by atoms with Gasteiger partial charge in [-0.25, -0.2) is 9.97 Å². The van der Waals surface area contributed by atoms with Gasteiger partial charge in [-0.15, -0.1) is 0 Å². The first kappa shape index (κ1) is 12.8. The second-order valence-electron chi connectivity index (χ2n) is 5.01. The topological polar surface area (TPSA) is 77.0 Å². The maximum absolute atomic E-state index is 12.4. The molecule has 3 aromatic rings. The van der Waals surface area contributed by atoms with Crippen molar-refractivity contribution in [1.29, 1.82) is 0 Å². The first-order valence-corrected chi connectivity index (χ1v) is 6.96. The van der Waals surface area contributed by atoms with Crippen molar-refractivity contribution >= 4 is 5.91 Å². The molecule has 0 bridgehead atoms. The van der Waals surface area contributed by atoms with Crippen LogP contribution in [0.2, 0.25) is 0 Å². The second kappa shape index (κ2) is 5.10. The lowest BCUT2D eigenvalue weighted by Gasteiger charge is -2.28. The summed E-state index contributed by atoms with van der Waals surface area (Å²) in [5, 5.41) is 0. The first-order valence-electron chi connectivity index (χ1n) is 6.96. The monoisotopic (exact) mass is 295 g/mol. The zero-order valence-corrected chi connectivity index (χ0v) is 11.7. The maximum Gasteiger partial charge on any atom is 0.274 e. The van der Waals surface area contributed by atoms with Crippen molar-refractivity contribution in [2.75, 3.05) is 6.54 Å². The van der Waals surface area contributed by atoms with Crippen molar-refractivity contribution in [3.8, 4) is 11.5 Å². The number of imidazole rings is 1. The molecule has 0 aliphatic carbocycles. The van der Waals surface area contributed by atoms with Crippen LogP contribution in [0.25, 0.3) is 11.5 Å². The van der Waals surface area contributed by atoms with Gasteiger partial charge in [-0.1, -0.05) is 0 Å². The molecule has 0 aromatic carbocycles. The van der Waals surface area contributed by atoms with Gasteiger partial charge in [0.05, 0.1) is 25.2 Å². The fraction of sp³-hybridized carbons (Fsp3) is 0.200. The molecule has 1 aliphatic heterocycles. The number of hydrogen-bond acceptors (Lipinski definition) is 5. The third-order valence-corrected chi connectivity index (χ3v) is 3.71. The third kappa shape index (κ3) is 2.07. The van der Waals surface area contributed by atoms with Crippen molar-refractivity contribution in [1.82, 2.24) is 24.4 Å². The number of furan rings is 1. The molecule has 0 unspecified atom stereocenters. The summed E-state index contributed by atoms with van der Waals surface area (Å²) in [4.78, 5) is 26.6. The molecule has 0 atom stereocenters. The van der Waals surface area contributed by atoms with Crippen molar-refractivity contribution in [2.24, 2.45) is 0 Å². The predicted octanol–water partition coefficient (Wildman–Crippen LogP) is 1.59. The Bertz CT molecular complexity index is 795. The minimum Gasteiger partial charge on any atom is -0.463 e. The van der Waals surface area contributed by atoms with E-state index in [1.165, 1.54) is 12.4 Å². The van der Waals surface area contributed by atoms with Crippen LogP contribution in [0.1, 0.15) is 16.3 Å². The van der Waals surface area contributed by atoms with Crippen LogP contribution >= 0.6 is 0 Å². The Morgan fingerprint density at radius 3 is 2.91 bits per heavy atom. The summed E-state index contributed by atoms with van der Waals surface area (Å²) in [6.45, 7) is 1.74. The van der Waals surface area contributed by atoms with Crippen LogP contribution in [-0.2, 0) is 13.1 Å². The summed E-state index contributed by atoms with van der Waals surface area (Å²) in [7, 11) is 0. The van der Waals surface area contributed by atoms with E-state index in [0.717, 1.165) is 17.3 Å². The van der Waals surface area contributed by atoms with Crippen LogP contribution < -0.4 is 0 Å². The van der Waals surface area contributed by atoms with Crippen molar-refractivity contribution < 1.29 is 9.21 Å². The molecule has 22 heavy (non-hydrogen) atoms. The van der Waals surface area contributed by atoms with E-state index in [9.17, 15) is 4.79 Å². The number of carbonyl (C=O) groups excluding carboxylic acids is 1. The minimum atomic E-state index is -0.123. The summed E-state index contributed by atoms with van der Waals surface area (Å²) in [5.41, 5.74) is 1.29. The van der Waals surface area contributed by atoms with E-state index in [1.54, 1.807) is 23.6 Å². The Morgan fingerprint density at radius 1 is 1.18 bits per heavy atom. The number of fused-ring (bicyclic) bond motifs is 1. The zero-order valence-electron chi connectivity index (χ0n) is 11.7. The molecule has 3 aromatic heterocycles. The molecule has 7 nitrogen and oxygen atoms in total. The Labute approximate surface area is 126 Å². The van der Waals surface area contributed by atoms with Crippen LogP contribution in [0.15, 0.2) is 47.6 Å². The van der Waals surface area contributed by atoms with Crippen molar-refractivity contribution in [3.05, 3.63) is 54.7 Å². The van der Waals surface area contributed by atoms with E-state index >= 15 is 0 Å². The zero-order chi connectivity index (χ0) is 14.9. The van der Waals surface area contributed by atoms with Crippen LogP contribution in [0, 0.1) is 0 Å². The van der Waals surface area contributed by atoms with Crippen LogP contribution in [-0.4, -0.2) is 36.9 Å². The fourth-order valence-electron chi connectivity index (χ4n) is 2.63. The number of nitrogens with zero attached hydrogens (tertiary/aromatic N) is 5. The van der Waals surface area contributed by atoms with Gasteiger partial charge < -0.3 is 13.9 Å². The third-order valence-electron chi connectivity index (χ3n) is 3.71. The molecule has 4 rings (SSSR count). The fourth-order valence-corrected chi connectivity index (χ4v) is 2.63. The summed E-state index contributed by atoms with van der Waals surface area (Å²) in [6.07, 6.45) is 7.98. The summed E-state index contributed by atoms with van der Waals surface area (Å²) in [6, 6.07) is 3.75. The second-order valence-corrected chi connectivity index (χ2v) is 5.01. The summed E-state index contributed by atoms with van der Waals surface area (Å²) < 4.78 is 7.51. The maximum atomic E-state index is 12.4. The molecule has 1 amide bonds. The Morgan fingerprint density at radius 2 is 2.14 bits per heavy atom. The van der Waals surface area contributed by atoms with Gasteiger partial charge in [0.25, 0.3) is 5.91 Å². The van der Waals surface area contributed by atoms with Crippen molar-refractivity contribution in [2.45, 2.75) is 13.1 Å². The molecule has 0 radical (unpaired) electrons. The average Bonchev–Trinajstić information content (AvgIpc) is 3.23. The van der Waals surface area contributed by atoms with Crippen LogP contribution in [0.5, 0.6) is 0 Å². The number of aromatic nitrogens is 4. The van der Waals surface area contributed by atoms with E-state index < -0.39 is 0 Å². The number of hydrogen-bond donors (Lipinski definition) is 0. The smallest absolute Gasteiger partial charge is 0.274 e. The number of carbonyl (C=O) groups is 1. The van der Waals surface area contributed by atoms with E-state index in [-0.39, 0.29) is 5.91 Å². The Balaban J connectivity index is 1.59. The van der Waals surface area contributed by atoms with Gasteiger partial charge in [-0.3, -0.25) is 9.78 Å². The lowest BCUT2D eigenvalue weighted by molar-refractivity contribution is 0.0701. The highest BCUT2D eigenvalue weighted by Gasteiger charge is 2.25. The highest BCUT2D eigenvalue weighted by molar-refractivity contribution is 5.91. The molecule has 0 fully saturated rings. The van der Waals surface area contributed by atoms with Gasteiger partial charge in [0.1, 0.15) is 17.2 Å². The van der Waals surface area contributed by atoms with Gasteiger partial charge in [0.2, 0.25) is 0 Å². The molecule has 1 aliphatic rings. The molecule has 0 N–H and O–H groups in total. The SMILES string of the molecule is O=C(c1cnccn1)N1CCn2c(-c3ccco3)cnc2C1. The quantitative estimate of drug-likeness (QED) is 0.717. The molecule has 0 saturated carbocycles. The summed E-state index contributed by atoms with van der Waals surface area (Å²) in [5.74, 6) is 1.50. The van der Waals surface area contributed by atoms with E-state index in [4.69, 9.17) is 4.42 Å². The summed E-state index contributed by atoms with van der Waals surface area (Å²) >= 11 is 0. The molecule has 110 valence electrons. The van der Waals surface area contributed by atoms with E-state index in [0.29, 0.717) is 25.3 Å². The number of rotatable bonds is 2. The Hall–Kier alpha value is -2.96. The van der Waals surface area contributed by atoms with Gasteiger partial charge in [-0.05, 0) is 12.1 Å². The molecule has 0 spiro atoms. The van der Waals surface area contributed by atoms with E-state index in [1.807, 2.05) is 12.1 Å².